The van der Waals surface area contributed by atoms with E-state index in [0.29, 0.717) is 67.3 Å². The molecule has 10 nitrogen and oxygen atoms in total. The molecule has 2 aromatic carbocycles. The largest absolute Gasteiger partial charge is 0.497 e. The highest BCUT2D eigenvalue weighted by molar-refractivity contribution is 6.00. The van der Waals surface area contributed by atoms with Gasteiger partial charge >= 0.3 is 0 Å². The fraction of sp³-hybridized carbons (Fsp3) is 0.483. The maximum atomic E-state index is 13.5. The van der Waals surface area contributed by atoms with Crippen molar-refractivity contribution >= 4 is 29.1 Å². The smallest absolute Gasteiger partial charge is 0.257 e. The number of benzene rings is 2. The fourth-order valence-corrected chi connectivity index (χ4v) is 5.43. The molecule has 3 atom stereocenters. The van der Waals surface area contributed by atoms with Gasteiger partial charge < -0.3 is 34.5 Å². The lowest BCUT2D eigenvalue weighted by molar-refractivity contribution is -0.130. The van der Waals surface area contributed by atoms with Crippen molar-refractivity contribution in [3.63, 3.8) is 0 Å². The highest BCUT2D eigenvalue weighted by atomic mass is 16.5. The topological polar surface area (TPSA) is 115 Å². The second-order valence-corrected chi connectivity index (χ2v) is 10.2. The van der Waals surface area contributed by atoms with Crippen LogP contribution in [0, 0.1) is 5.92 Å². The van der Waals surface area contributed by atoms with E-state index in [1.807, 2.05) is 12.1 Å². The first-order valence-corrected chi connectivity index (χ1v) is 13.4. The summed E-state index contributed by atoms with van der Waals surface area (Å²) in [6, 6.07) is 12.1. The summed E-state index contributed by atoms with van der Waals surface area (Å²) < 4.78 is 22.9. The van der Waals surface area contributed by atoms with Crippen LogP contribution >= 0.6 is 0 Å². The number of ether oxygens (including phenoxy) is 4. The summed E-state index contributed by atoms with van der Waals surface area (Å²) in [6.45, 7) is 1.41. The van der Waals surface area contributed by atoms with Crippen molar-refractivity contribution in [2.75, 3.05) is 44.6 Å². The maximum absolute atomic E-state index is 13.5. The van der Waals surface area contributed by atoms with Crippen molar-refractivity contribution in [3.05, 3.63) is 48.0 Å². The number of hydrogen-bond donors (Lipinski definition) is 2. The molecule has 10 heteroatoms. The Morgan fingerprint density at radius 2 is 1.82 bits per heavy atom. The zero-order valence-corrected chi connectivity index (χ0v) is 22.3. The van der Waals surface area contributed by atoms with Gasteiger partial charge in [-0.15, -0.1) is 0 Å². The van der Waals surface area contributed by atoms with Crippen LogP contribution in [0.4, 0.5) is 11.4 Å². The number of fused-ring (bicyclic) bond motifs is 2. The molecule has 0 aromatic heterocycles. The first-order valence-electron chi connectivity index (χ1n) is 13.4. The zero-order chi connectivity index (χ0) is 27.4. The van der Waals surface area contributed by atoms with Crippen molar-refractivity contribution in [1.29, 1.82) is 0 Å². The van der Waals surface area contributed by atoms with E-state index in [9.17, 15) is 14.4 Å². The Morgan fingerprint density at radius 1 is 1.03 bits per heavy atom. The Bertz CT molecular complexity index is 1210. The van der Waals surface area contributed by atoms with Gasteiger partial charge in [-0.1, -0.05) is 6.07 Å². The number of carbonyl (C=O) groups is 3. The van der Waals surface area contributed by atoms with Crippen LogP contribution in [0.3, 0.4) is 0 Å². The molecule has 3 amide bonds. The van der Waals surface area contributed by atoms with E-state index in [4.69, 9.17) is 18.9 Å². The number of hydrogen-bond acceptors (Lipinski definition) is 7. The quantitative estimate of drug-likeness (QED) is 0.580. The van der Waals surface area contributed by atoms with Gasteiger partial charge in [0.25, 0.3) is 5.91 Å². The fourth-order valence-electron chi connectivity index (χ4n) is 5.43. The molecule has 2 fully saturated rings. The molecule has 3 aliphatic rings. The third-order valence-electron chi connectivity index (χ3n) is 7.64. The lowest BCUT2D eigenvalue weighted by Gasteiger charge is -2.42. The van der Waals surface area contributed by atoms with Crippen molar-refractivity contribution in [2.45, 2.75) is 50.4 Å². The number of nitrogens with zero attached hydrogens (tertiary/aromatic N) is 1. The third-order valence-corrected chi connectivity index (χ3v) is 7.64. The van der Waals surface area contributed by atoms with Crippen molar-refractivity contribution in [2.24, 2.45) is 5.92 Å². The highest BCUT2D eigenvalue weighted by Crippen LogP contribution is 2.33. The van der Waals surface area contributed by atoms with Crippen LogP contribution < -0.4 is 20.1 Å². The summed E-state index contributed by atoms with van der Waals surface area (Å²) in [4.78, 5) is 40.6. The molecule has 0 radical (unpaired) electrons. The van der Waals surface area contributed by atoms with Crippen LogP contribution in [0.1, 0.15) is 42.5 Å². The third kappa shape index (κ3) is 6.34. The minimum absolute atomic E-state index is 0.0620. The van der Waals surface area contributed by atoms with E-state index in [0.717, 1.165) is 0 Å². The molecule has 0 bridgehead atoms. The monoisotopic (exact) mass is 537 g/mol. The SMILES string of the molecule is COc1cccc(NC(=O)C[C@H]2CC[C@H]3[C@@H](COc4ccc(NC(=O)C5CCOCC5)cc4C(=O)N3C)O2)c1. The zero-order valence-electron chi connectivity index (χ0n) is 22.3. The van der Waals surface area contributed by atoms with Gasteiger partial charge in [-0.3, -0.25) is 14.4 Å². The minimum Gasteiger partial charge on any atom is -0.497 e. The molecule has 2 aromatic rings. The summed E-state index contributed by atoms with van der Waals surface area (Å²) in [5.74, 6) is 0.603. The summed E-state index contributed by atoms with van der Waals surface area (Å²) in [5, 5.41) is 5.84. The van der Waals surface area contributed by atoms with E-state index < -0.39 is 0 Å². The number of nitrogens with one attached hydrogen (secondary N) is 2. The predicted octanol–water partition coefficient (Wildman–Crippen LogP) is 3.47. The van der Waals surface area contributed by atoms with Gasteiger partial charge in [0.05, 0.1) is 31.2 Å². The Hall–Kier alpha value is -3.63. The Kier molecular flexibility index (Phi) is 8.33. The summed E-state index contributed by atoms with van der Waals surface area (Å²) in [6.07, 6.45) is 2.24. The molecule has 0 saturated carbocycles. The second-order valence-electron chi connectivity index (χ2n) is 10.2. The van der Waals surface area contributed by atoms with Crippen LogP contribution in [0.5, 0.6) is 11.5 Å². The molecule has 2 saturated heterocycles. The van der Waals surface area contributed by atoms with E-state index in [-0.39, 0.29) is 54.9 Å². The van der Waals surface area contributed by atoms with Gasteiger partial charge in [-0.25, -0.2) is 0 Å². The second kappa shape index (κ2) is 12.0. The number of anilines is 2. The van der Waals surface area contributed by atoms with Gasteiger partial charge in [0, 0.05) is 43.6 Å². The molecule has 3 aliphatic heterocycles. The number of likely N-dealkylation sites (N-methyl/N-ethyl adjacent to an activating group) is 1. The van der Waals surface area contributed by atoms with Gasteiger partial charge in [0.1, 0.15) is 24.2 Å². The molecule has 3 heterocycles. The van der Waals surface area contributed by atoms with Gasteiger partial charge in [-0.05, 0) is 56.0 Å². The molecule has 0 unspecified atom stereocenters. The summed E-state index contributed by atoms with van der Waals surface area (Å²) in [7, 11) is 3.34. The van der Waals surface area contributed by atoms with E-state index in [1.54, 1.807) is 49.4 Å². The van der Waals surface area contributed by atoms with Crippen LogP contribution in [0.15, 0.2) is 42.5 Å². The first-order chi connectivity index (χ1) is 18.9. The molecular formula is C29H35N3O7. The van der Waals surface area contributed by atoms with Crippen molar-refractivity contribution in [3.8, 4) is 11.5 Å². The predicted molar refractivity (Wildman–Crippen MR) is 144 cm³/mol. The Labute approximate surface area is 227 Å². The Morgan fingerprint density at radius 3 is 2.62 bits per heavy atom. The van der Waals surface area contributed by atoms with Crippen LogP contribution in [-0.2, 0) is 19.1 Å². The molecule has 0 aliphatic carbocycles. The molecule has 208 valence electrons. The van der Waals surface area contributed by atoms with Crippen molar-refractivity contribution < 1.29 is 33.3 Å². The molecule has 5 rings (SSSR count). The average Bonchev–Trinajstić information content (AvgIpc) is 2.95. The molecule has 2 N–H and O–H groups in total. The lowest BCUT2D eigenvalue weighted by atomic mass is 9.94. The van der Waals surface area contributed by atoms with Crippen LogP contribution in [-0.4, -0.2) is 74.8 Å². The number of rotatable bonds is 6. The van der Waals surface area contributed by atoms with Crippen LogP contribution in [0.2, 0.25) is 0 Å². The van der Waals surface area contributed by atoms with Crippen LogP contribution in [0.25, 0.3) is 0 Å². The van der Waals surface area contributed by atoms with Gasteiger partial charge in [-0.2, -0.15) is 0 Å². The first kappa shape index (κ1) is 27.0. The van der Waals surface area contributed by atoms with E-state index in [1.165, 1.54) is 0 Å². The average molecular weight is 538 g/mol. The minimum atomic E-state index is -0.372. The van der Waals surface area contributed by atoms with E-state index in [2.05, 4.69) is 10.6 Å². The standard InChI is InChI=1S/C29H35N3O7/c1-32-24-8-7-22(16-27(33)30-19-4-3-5-21(14-19)36-2)39-26(24)17-38-25-9-6-20(15-23(25)29(32)35)31-28(34)18-10-12-37-13-11-18/h3-6,9,14-15,18,22,24,26H,7-8,10-13,16-17H2,1-2H3,(H,30,33)(H,31,34)/t22-,24+,26-/m1/s1. The summed E-state index contributed by atoms with van der Waals surface area (Å²) >= 11 is 0. The molecule has 0 spiro atoms. The van der Waals surface area contributed by atoms with Crippen molar-refractivity contribution in [1.82, 2.24) is 4.90 Å². The molecular weight excluding hydrogens is 502 g/mol. The summed E-state index contributed by atoms with van der Waals surface area (Å²) in [5.41, 5.74) is 1.63. The highest BCUT2D eigenvalue weighted by Gasteiger charge is 2.39. The normalized spacial score (nSPS) is 23.4. The number of carbonyl (C=O) groups excluding carboxylic acids is 3. The van der Waals surface area contributed by atoms with Gasteiger partial charge in [0.2, 0.25) is 11.8 Å². The number of amides is 3. The van der Waals surface area contributed by atoms with Gasteiger partial charge in [0.15, 0.2) is 0 Å². The maximum Gasteiger partial charge on any atom is 0.257 e. The number of methoxy groups -OCH3 is 1. The molecule has 39 heavy (non-hydrogen) atoms. The van der Waals surface area contributed by atoms with E-state index >= 15 is 0 Å². The Balaban J connectivity index is 1.22. The lowest BCUT2D eigenvalue weighted by Crippen LogP contribution is -2.53.